The first-order chi connectivity index (χ1) is 15.4. The summed E-state index contributed by atoms with van der Waals surface area (Å²) in [6, 6.07) is 5.29. The Morgan fingerprint density at radius 3 is 2.84 bits per heavy atom. The van der Waals surface area contributed by atoms with Crippen LogP contribution in [0.5, 0.6) is 5.75 Å². The SMILES string of the molecule is CCCCN(C#N)C(=N)Nc1ccc(OCCC)c(-c2nc3c(c(C)nn3C)c(=O)[nH]2)c1. The highest BCUT2D eigenvalue weighted by molar-refractivity contribution is 5.93. The first kappa shape index (κ1) is 22.8. The summed E-state index contributed by atoms with van der Waals surface area (Å²) < 4.78 is 7.46. The van der Waals surface area contributed by atoms with E-state index in [1.54, 1.807) is 36.9 Å². The first-order valence-corrected chi connectivity index (χ1v) is 10.6. The van der Waals surface area contributed by atoms with E-state index in [0.29, 0.717) is 52.7 Å². The minimum atomic E-state index is -0.279. The van der Waals surface area contributed by atoms with Gasteiger partial charge in [0.05, 0.1) is 17.9 Å². The molecule has 0 saturated heterocycles. The van der Waals surface area contributed by atoms with Crippen molar-refractivity contribution in [3.05, 3.63) is 34.2 Å². The van der Waals surface area contributed by atoms with Gasteiger partial charge in [-0.1, -0.05) is 20.3 Å². The van der Waals surface area contributed by atoms with Crippen molar-refractivity contribution in [2.24, 2.45) is 7.05 Å². The van der Waals surface area contributed by atoms with Gasteiger partial charge in [0.25, 0.3) is 5.56 Å². The molecule has 0 unspecified atom stereocenters. The molecule has 0 aliphatic heterocycles. The van der Waals surface area contributed by atoms with E-state index in [9.17, 15) is 10.1 Å². The summed E-state index contributed by atoms with van der Waals surface area (Å²) in [5.41, 5.74) is 1.96. The van der Waals surface area contributed by atoms with Crippen molar-refractivity contribution in [1.82, 2.24) is 24.6 Å². The van der Waals surface area contributed by atoms with Crippen LogP contribution in [-0.2, 0) is 7.05 Å². The maximum absolute atomic E-state index is 12.7. The fourth-order valence-corrected chi connectivity index (χ4v) is 3.33. The second kappa shape index (κ2) is 9.96. The predicted molar refractivity (Wildman–Crippen MR) is 124 cm³/mol. The van der Waals surface area contributed by atoms with Crippen molar-refractivity contribution in [3.8, 4) is 23.3 Å². The molecule has 0 spiro atoms. The minimum Gasteiger partial charge on any atom is -0.493 e. The molecule has 0 radical (unpaired) electrons. The van der Waals surface area contributed by atoms with Crippen molar-refractivity contribution >= 4 is 22.7 Å². The van der Waals surface area contributed by atoms with Crippen LogP contribution in [0.1, 0.15) is 38.8 Å². The van der Waals surface area contributed by atoms with E-state index in [0.717, 1.165) is 19.3 Å². The number of fused-ring (bicyclic) bond motifs is 1. The second-order valence-electron chi connectivity index (χ2n) is 7.46. The first-order valence-electron chi connectivity index (χ1n) is 10.6. The molecular weight excluding hydrogens is 408 g/mol. The molecule has 0 atom stereocenters. The van der Waals surface area contributed by atoms with Gasteiger partial charge < -0.3 is 15.0 Å². The van der Waals surface area contributed by atoms with Gasteiger partial charge in [0.2, 0.25) is 5.96 Å². The van der Waals surface area contributed by atoms with Crippen LogP contribution in [0.3, 0.4) is 0 Å². The average molecular weight is 437 g/mol. The van der Waals surface area contributed by atoms with Crippen LogP contribution >= 0.6 is 0 Å². The van der Waals surface area contributed by atoms with E-state index >= 15 is 0 Å². The summed E-state index contributed by atoms with van der Waals surface area (Å²) >= 11 is 0. The number of unbranched alkanes of at least 4 members (excludes halogenated alkanes) is 1. The third kappa shape index (κ3) is 4.72. The van der Waals surface area contributed by atoms with E-state index in [2.05, 4.69) is 20.4 Å². The number of nitrogens with one attached hydrogen (secondary N) is 3. The van der Waals surface area contributed by atoms with Gasteiger partial charge in [-0.25, -0.2) is 14.6 Å². The number of guanidine groups is 1. The fraction of sp³-hybridized carbons (Fsp3) is 0.409. The molecule has 2 aromatic heterocycles. The molecule has 168 valence electrons. The summed E-state index contributed by atoms with van der Waals surface area (Å²) in [5, 5.41) is 25.3. The number of anilines is 1. The number of aromatic amines is 1. The van der Waals surface area contributed by atoms with Crippen LogP contribution in [0, 0.1) is 23.8 Å². The quantitative estimate of drug-likeness (QED) is 0.213. The zero-order valence-electron chi connectivity index (χ0n) is 18.8. The fourth-order valence-electron chi connectivity index (χ4n) is 3.33. The molecule has 0 aliphatic rings. The Morgan fingerprint density at radius 1 is 1.38 bits per heavy atom. The molecule has 0 amide bonds. The number of hydrogen-bond acceptors (Lipinski definition) is 6. The van der Waals surface area contributed by atoms with Crippen LogP contribution in [0.15, 0.2) is 23.0 Å². The lowest BCUT2D eigenvalue weighted by molar-refractivity contribution is 0.318. The Kier molecular flexibility index (Phi) is 7.10. The smallest absolute Gasteiger partial charge is 0.262 e. The zero-order chi connectivity index (χ0) is 23.3. The molecule has 0 saturated carbocycles. The van der Waals surface area contributed by atoms with Gasteiger partial charge >= 0.3 is 0 Å². The van der Waals surface area contributed by atoms with E-state index < -0.39 is 0 Å². The Bertz CT molecular complexity index is 1220. The number of ether oxygens (including phenoxy) is 1. The van der Waals surface area contributed by atoms with Gasteiger partial charge in [0.1, 0.15) is 17.0 Å². The Labute approximate surface area is 186 Å². The molecule has 0 fully saturated rings. The number of aromatic nitrogens is 4. The molecular formula is C22H28N8O2. The summed E-state index contributed by atoms with van der Waals surface area (Å²) in [6.45, 7) is 6.78. The number of nitriles is 1. The lowest BCUT2D eigenvalue weighted by Gasteiger charge is -2.18. The van der Waals surface area contributed by atoms with Crippen LogP contribution in [0.4, 0.5) is 5.69 Å². The van der Waals surface area contributed by atoms with Crippen LogP contribution in [-0.4, -0.2) is 43.8 Å². The Morgan fingerprint density at radius 2 is 2.16 bits per heavy atom. The number of hydrogen-bond donors (Lipinski definition) is 3. The normalized spacial score (nSPS) is 10.7. The van der Waals surface area contributed by atoms with Crippen LogP contribution in [0.25, 0.3) is 22.4 Å². The number of benzene rings is 1. The standard InChI is InChI=1S/C22H28N8O2/c1-5-7-10-30(13-23)22(24)25-15-8-9-17(32-11-6-2)16(12-15)19-26-20-18(21(31)27-19)14(3)28-29(20)4/h8-9,12H,5-7,10-11H2,1-4H3,(H2,24,25)(H,26,27,31). The van der Waals surface area contributed by atoms with Crippen molar-refractivity contribution in [2.45, 2.75) is 40.0 Å². The van der Waals surface area contributed by atoms with E-state index in [1.165, 1.54) is 4.90 Å². The maximum atomic E-state index is 12.7. The highest BCUT2D eigenvalue weighted by atomic mass is 16.5. The van der Waals surface area contributed by atoms with Crippen molar-refractivity contribution in [2.75, 3.05) is 18.5 Å². The molecule has 2 heterocycles. The van der Waals surface area contributed by atoms with Crippen LogP contribution < -0.4 is 15.6 Å². The van der Waals surface area contributed by atoms with Gasteiger partial charge in [-0.15, -0.1) is 0 Å². The third-order valence-corrected chi connectivity index (χ3v) is 4.95. The molecule has 3 N–H and O–H groups in total. The summed E-state index contributed by atoms with van der Waals surface area (Å²) in [4.78, 5) is 21.5. The lowest BCUT2D eigenvalue weighted by Crippen LogP contribution is -2.32. The maximum Gasteiger partial charge on any atom is 0.262 e. The number of nitrogens with zero attached hydrogens (tertiary/aromatic N) is 5. The monoisotopic (exact) mass is 436 g/mol. The number of rotatable bonds is 8. The van der Waals surface area contributed by atoms with E-state index in [4.69, 9.17) is 10.1 Å². The molecule has 0 bridgehead atoms. The lowest BCUT2D eigenvalue weighted by atomic mass is 10.1. The minimum absolute atomic E-state index is 0.0201. The molecule has 10 nitrogen and oxygen atoms in total. The van der Waals surface area contributed by atoms with E-state index in [-0.39, 0.29) is 11.5 Å². The van der Waals surface area contributed by atoms with Gasteiger partial charge in [-0.3, -0.25) is 10.2 Å². The summed E-state index contributed by atoms with van der Waals surface area (Å²) in [5.74, 6) is 0.886. The average Bonchev–Trinajstić information content (AvgIpc) is 3.07. The highest BCUT2D eigenvalue weighted by Crippen LogP contribution is 2.31. The zero-order valence-corrected chi connectivity index (χ0v) is 18.8. The molecule has 1 aromatic carbocycles. The van der Waals surface area contributed by atoms with Gasteiger partial charge in [0.15, 0.2) is 11.8 Å². The summed E-state index contributed by atoms with van der Waals surface area (Å²) in [7, 11) is 1.74. The molecule has 3 aromatic rings. The predicted octanol–water partition coefficient (Wildman–Crippen LogP) is 3.35. The molecule has 10 heteroatoms. The topological polar surface area (TPSA) is 136 Å². The largest absolute Gasteiger partial charge is 0.493 e. The van der Waals surface area contributed by atoms with Crippen molar-refractivity contribution in [3.63, 3.8) is 0 Å². The third-order valence-electron chi connectivity index (χ3n) is 4.95. The molecule has 0 aliphatic carbocycles. The number of H-pyrrole nitrogens is 1. The summed E-state index contributed by atoms with van der Waals surface area (Å²) in [6.07, 6.45) is 4.58. The Balaban J connectivity index is 2.03. The Hall–Kier alpha value is -3.87. The van der Waals surface area contributed by atoms with Gasteiger partial charge in [-0.2, -0.15) is 10.4 Å². The highest BCUT2D eigenvalue weighted by Gasteiger charge is 2.17. The molecule has 3 rings (SSSR count). The van der Waals surface area contributed by atoms with Crippen molar-refractivity contribution in [1.29, 1.82) is 10.7 Å². The van der Waals surface area contributed by atoms with Gasteiger partial charge in [0, 0.05) is 19.3 Å². The van der Waals surface area contributed by atoms with E-state index in [1.807, 2.05) is 20.0 Å². The molecule has 32 heavy (non-hydrogen) atoms. The number of aryl methyl sites for hydroxylation is 2. The van der Waals surface area contributed by atoms with Crippen molar-refractivity contribution < 1.29 is 4.74 Å². The second-order valence-corrected chi connectivity index (χ2v) is 7.46. The van der Waals surface area contributed by atoms with Crippen LogP contribution in [0.2, 0.25) is 0 Å². The van der Waals surface area contributed by atoms with Gasteiger partial charge in [-0.05, 0) is 38.0 Å².